The molecule has 0 N–H and O–H groups in total. The van der Waals surface area contributed by atoms with Gasteiger partial charge in [0.25, 0.3) is 0 Å². The van der Waals surface area contributed by atoms with Crippen molar-refractivity contribution in [2.45, 2.75) is 40.8 Å². The molecule has 0 saturated heterocycles. The lowest BCUT2D eigenvalue weighted by Gasteiger charge is -2.30. The van der Waals surface area contributed by atoms with Gasteiger partial charge in [0.15, 0.2) is 0 Å². The Morgan fingerprint density at radius 3 is 1.94 bits per heavy atom. The molecule has 0 aliphatic heterocycles. The van der Waals surface area contributed by atoms with Gasteiger partial charge in [-0.3, -0.25) is 0 Å². The maximum atomic E-state index is 2.49. The molecule has 0 fully saturated rings. The summed E-state index contributed by atoms with van der Waals surface area (Å²) in [4.78, 5) is 0. The van der Waals surface area contributed by atoms with Crippen LogP contribution in [0, 0.1) is 19.8 Å². The SMILES string of the molecule is CC1=C([Si](C)(C)c2cc(C)cc(C)c2)C(C)C=C1. The third-order valence-electron chi connectivity index (χ3n) is 4.13. The van der Waals surface area contributed by atoms with E-state index in [4.69, 9.17) is 0 Å². The normalized spacial score (nSPS) is 19.8. The molecule has 0 radical (unpaired) electrons. The Kier molecular flexibility index (Phi) is 3.37. The molecule has 0 heterocycles. The Morgan fingerprint density at radius 2 is 1.50 bits per heavy atom. The number of rotatable bonds is 2. The van der Waals surface area contributed by atoms with Crippen molar-refractivity contribution in [2.24, 2.45) is 5.92 Å². The maximum Gasteiger partial charge on any atom is 0.108 e. The van der Waals surface area contributed by atoms with Crippen LogP contribution in [-0.4, -0.2) is 8.07 Å². The van der Waals surface area contributed by atoms with Crippen LogP contribution in [0.2, 0.25) is 13.1 Å². The van der Waals surface area contributed by atoms with Gasteiger partial charge in [0, 0.05) is 0 Å². The van der Waals surface area contributed by atoms with Gasteiger partial charge in [-0.1, -0.05) is 77.5 Å². The summed E-state index contributed by atoms with van der Waals surface area (Å²) in [6.45, 7) is 14.0. The molecule has 0 nitrogen and oxygen atoms in total. The lowest BCUT2D eigenvalue weighted by atomic mass is 10.2. The second kappa shape index (κ2) is 4.54. The molecule has 1 aromatic rings. The minimum atomic E-state index is -1.52. The molecule has 0 spiro atoms. The van der Waals surface area contributed by atoms with Crippen LogP contribution in [0.15, 0.2) is 41.1 Å². The molecule has 1 atom stereocenters. The number of benzene rings is 1. The van der Waals surface area contributed by atoms with E-state index in [1.807, 2.05) is 0 Å². The van der Waals surface area contributed by atoms with Gasteiger partial charge in [-0.05, 0) is 26.7 Å². The summed E-state index contributed by atoms with van der Waals surface area (Å²) in [6, 6.07) is 7.06. The van der Waals surface area contributed by atoms with Gasteiger partial charge < -0.3 is 0 Å². The van der Waals surface area contributed by atoms with E-state index in [0.717, 1.165) is 0 Å². The largest absolute Gasteiger partial charge is 0.108 e. The van der Waals surface area contributed by atoms with E-state index in [1.165, 1.54) is 16.7 Å². The van der Waals surface area contributed by atoms with Crippen LogP contribution >= 0.6 is 0 Å². The Labute approximate surface area is 112 Å². The lowest BCUT2D eigenvalue weighted by Crippen LogP contribution is -2.45. The van der Waals surface area contributed by atoms with Gasteiger partial charge in [-0.25, -0.2) is 0 Å². The Morgan fingerprint density at radius 1 is 0.944 bits per heavy atom. The monoisotopic (exact) mass is 256 g/mol. The average molecular weight is 256 g/mol. The topological polar surface area (TPSA) is 0 Å². The summed E-state index contributed by atoms with van der Waals surface area (Å²) >= 11 is 0. The quantitative estimate of drug-likeness (QED) is 0.693. The molecule has 18 heavy (non-hydrogen) atoms. The van der Waals surface area contributed by atoms with E-state index >= 15 is 0 Å². The molecule has 1 aliphatic rings. The highest BCUT2D eigenvalue weighted by atomic mass is 28.3. The van der Waals surface area contributed by atoms with Gasteiger partial charge in [0.1, 0.15) is 8.07 Å². The van der Waals surface area contributed by atoms with Crippen LogP contribution in [0.1, 0.15) is 25.0 Å². The zero-order chi connectivity index (χ0) is 13.5. The molecule has 96 valence electrons. The average Bonchev–Trinajstić information content (AvgIpc) is 2.57. The van der Waals surface area contributed by atoms with Crippen molar-refractivity contribution in [3.05, 3.63) is 52.2 Å². The van der Waals surface area contributed by atoms with E-state index in [9.17, 15) is 0 Å². The van der Waals surface area contributed by atoms with Crippen molar-refractivity contribution in [1.82, 2.24) is 0 Å². The van der Waals surface area contributed by atoms with E-state index < -0.39 is 8.07 Å². The van der Waals surface area contributed by atoms with E-state index in [-0.39, 0.29) is 0 Å². The van der Waals surface area contributed by atoms with E-state index in [2.05, 4.69) is 71.1 Å². The van der Waals surface area contributed by atoms with Crippen LogP contribution in [0.25, 0.3) is 0 Å². The molecule has 1 aromatic carbocycles. The van der Waals surface area contributed by atoms with Crippen LogP contribution < -0.4 is 5.19 Å². The summed E-state index contributed by atoms with van der Waals surface area (Å²) in [7, 11) is -1.52. The zero-order valence-electron chi connectivity index (χ0n) is 12.5. The highest BCUT2D eigenvalue weighted by molar-refractivity contribution is 6.96. The fourth-order valence-corrected chi connectivity index (χ4v) is 7.18. The molecule has 1 unspecified atom stereocenters. The van der Waals surface area contributed by atoms with Crippen LogP contribution in [0.4, 0.5) is 0 Å². The fraction of sp³-hybridized carbons (Fsp3) is 0.412. The minimum absolute atomic E-state index is 0.618. The lowest BCUT2D eigenvalue weighted by molar-refractivity contribution is 0.920. The summed E-state index contributed by atoms with van der Waals surface area (Å²) < 4.78 is 0. The summed E-state index contributed by atoms with van der Waals surface area (Å²) in [5.41, 5.74) is 4.28. The molecule has 2 rings (SSSR count). The standard InChI is InChI=1S/C17H24Si/c1-12-9-13(2)11-16(10-12)18(5,6)17-14(3)7-8-15(17)4/h7-11,14H,1-6H3. The molecule has 1 aliphatic carbocycles. The maximum absolute atomic E-state index is 2.49. The second-order valence-corrected chi connectivity index (χ2v) is 10.6. The van der Waals surface area contributed by atoms with Crippen LogP contribution in [0.5, 0.6) is 0 Å². The predicted octanol–water partition coefficient (Wildman–Crippen LogP) is 4.28. The molecule has 0 aromatic heterocycles. The van der Waals surface area contributed by atoms with Gasteiger partial charge >= 0.3 is 0 Å². The van der Waals surface area contributed by atoms with Crippen LogP contribution in [-0.2, 0) is 0 Å². The van der Waals surface area contributed by atoms with Crippen molar-refractivity contribution >= 4 is 13.3 Å². The number of hydrogen-bond donors (Lipinski definition) is 0. The van der Waals surface area contributed by atoms with Crippen molar-refractivity contribution < 1.29 is 0 Å². The van der Waals surface area contributed by atoms with Crippen molar-refractivity contribution in [3.8, 4) is 0 Å². The fourth-order valence-electron chi connectivity index (χ4n) is 3.39. The summed E-state index contributed by atoms with van der Waals surface area (Å²) in [5.74, 6) is 0.618. The van der Waals surface area contributed by atoms with Crippen molar-refractivity contribution in [2.75, 3.05) is 0 Å². The third-order valence-corrected chi connectivity index (χ3v) is 8.06. The van der Waals surface area contributed by atoms with Gasteiger partial charge in [0.05, 0.1) is 0 Å². The van der Waals surface area contributed by atoms with Gasteiger partial charge in [-0.2, -0.15) is 0 Å². The first-order valence-electron chi connectivity index (χ1n) is 6.80. The van der Waals surface area contributed by atoms with Gasteiger partial charge in [0.2, 0.25) is 0 Å². The molecule has 1 heteroatoms. The van der Waals surface area contributed by atoms with Crippen molar-refractivity contribution in [3.63, 3.8) is 0 Å². The number of aryl methyl sites for hydroxylation is 2. The van der Waals surface area contributed by atoms with E-state index in [0.29, 0.717) is 5.92 Å². The molecule has 0 amide bonds. The first-order valence-corrected chi connectivity index (χ1v) is 9.80. The highest BCUT2D eigenvalue weighted by Crippen LogP contribution is 2.32. The molecule has 0 bridgehead atoms. The van der Waals surface area contributed by atoms with Crippen molar-refractivity contribution in [1.29, 1.82) is 0 Å². The Bertz CT molecular complexity index is 512. The highest BCUT2D eigenvalue weighted by Gasteiger charge is 2.33. The third kappa shape index (κ3) is 2.24. The Hall–Kier alpha value is -1.08. The number of allylic oxidation sites excluding steroid dienone is 4. The molecular formula is C17H24Si. The first-order chi connectivity index (χ1) is 8.32. The minimum Gasteiger partial charge on any atom is -0.0777 e. The smallest absolute Gasteiger partial charge is 0.0777 e. The Balaban J connectivity index is 2.52. The predicted molar refractivity (Wildman–Crippen MR) is 84.0 cm³/mol. The van der Waals surface area contributed by atoms with Crippen LogP contribution in [0.3, 0.4) is 0 Å². The molecule has 0 saturated carbocycles. The van der Waals surface area contributed by atoms with E-state index in [1.54, 1.807) is 10.4 Å². The van der Waals surface area contributed by atoms with Gasteiger partial charge in [-0.15, -0.1) is 0 Å². The zero-order valence-corrected chi connectivity index (χ0v) is 13.5. The number of hydrogen-bond acceptors (Lipinski definition) is 0. The summed E-state index contributed by atoms with van der Waals surface area (Å²) in [6.07, 6.45) is 4.65. The molecular weight excluding hydrogens is 232 g/mol. The second-order valence-electron chi connectivity index (χ2n) is 6.25. The first kappa shape index (κ1) is 13.4. The summed E-state index contributed by atoms with van der Waals surface area (Å²) in [5, 5.41) is 3.28.